The van der Waals surface area contributed by atoms with Crippen molar-refractivity contribution in [3.05, 3.63) is 29.8 Å². The van der Waals surface area contributed by atoms with Gasteiger partial charge in [-0.05, 0) is 26.0 Å². The zero-order valence-corrected chi connectivity index (χ0v) is 13.2. The highest BCUT2D eigenvalue weighted by atomic mass is 32.2. The van der Waals surface area contributed by atoms with E-state index in [-0.39, 0.29) is 11.0 Å². The molecule has 0 aliphatic rings. The Balaban J connectivity index is 2.67. The maximum Gasteiger partial charge on any atom is 0.297 e. The van der Waals surface area contributed by atoms with Crippen LogP contribution in [0, 0.1) is 6.92 Å². The van der Waals surface area contributed by atoms with E-state index in [1.54, 1.807) is 31.2 Å². The summed E-state index contributed by atoms with van der Waals surface area (Å²) >= 11 is 0. The number of hydrogen-bond donors (Lipinski definition) is 0. The molecule has 0 saturated heterocycles. The van der Waals surface area contributed by atoms with Crippen LogP contribution in [-0.4, -0.2) is 46.7 Å². The molecule has 0 fully saturated rings. The molecule has 0 bridgehead atoms. The van der Waals surface area contributed by atoms with Gasteiger partial charge in [0, 0.05) is 6.42 Å². The van der Waals surface area contributed by atoms with E-state index < -0.39 is 10.1 Å². The lowest BCUT2D eigenvalue weighted by molar-refractivity contribution is -0.870. The highest BCUT2D eigenvalue weighted by Crippen LogP contribution is 2.16. The molecule has 19 heavy (non-hydrogen) atoms. The van der Waals surface area contributed by atoms with E-state index in [9.17, 15) is 8.42 Å². The van der Waals surface area contributed by atoms with Crippen LogP contribution in [0.2, 0.25) is 0 Å². The topological polar surface area (TPSA) is 43.4 Å². The quantitative estimate of drug-likeness (QED) is 0.595. The Labute approximate surface area is 116 Å². The minimum absolute atomic E-state index is 0.218. The van der Waals surface area contributed by atoms with Gasteiger partial charge in [-0.25, -0.2) is 0 Å². The molecule has 5 heteroatoms. The van der Waals surface area contributed by atoms with Crippen LogP contribution in [0.5, 0.6) is 0 Å². The predicted octanol–water partition coefficient (Wildman–Crippen LogP) is 2.19. The fraction of sp³-hybridized carbons (Fsp3) is 0.571. The number of hydrogen-bond acceptors (Lipinski definition) is 3. The number of aryl methyl sites for hydroxylation is 1. The molecule has 0 aromatic heterocycles. The molecule has 108 valence electrons. The summed E-state index contributed by atoms with van der Waals surface area (Å²) in [6, 6.07) is 6.70. The summed E-state index contributed by atoms with van der Waals surface area (Å²) in [6.45, 7) is 4.58. The van der Waals surface area contributed by atoms with Gasteiger partial charge in [-0.2, -0.15) is 8.42 Å². The molecular weight excluding hydrogens is 262 g/mol. The molecule has 1 atom stereocenters. The molecule has 0 radical (unpaired) electrons. The van der Waals surface area contributed by atoms with Crippen molar-refractivity contribution in [3.8, 4) is 0 Å². The van der Waals surface area contributed by atoms with Crippen LogP contribution in [-0.2, 0) is 14.3 Å². The third kappa shape index (κ3) is 5.72. The summed E-state index contributed by atoms with van der Waals surface area (Å²) in [6.07, 6.45) is 0.387. The Hall–Kier alpha value is -0.910. The van der Waals surface area contributed by atoms with Gasteiger partial charge in [0.2, 0.25) is 0 Å². The minimum atomic E-state index is -3.65. The monoisotopic (exact) mass is 286 g/mol. The average Bonchev–Trinajstić information content (AvgIpc) is 2.25. The summed E-state index contributed by atoms with van der Waals surface area (Å²) in [7, 11) is 2.56. The third-order valence-corrected chi connectivity index (χ3v) is 4.24. The zero-order valence-electron chi connectivity index (χ0n) is 12.4. The largest absolute Gasteiger partial charge is 0.331 e. The van der Waals surface area contributed by atoms with Gasteiger partial charge in [0.25, 0.3) is 10.1 Å². The Kier molecular flexibility index (Phi) is 5.12. The SMILES string of the molecule is Cc1ccc(S(=O)(=O)OC(C)CC[N+](C)(C)C)cc1. The van der Waals surface area contributed by atoms with Crippen molar-refractivity contribution in [2.45, 2.75) is 31.3 Å². The van der Waals surface area contributed by atoms with Gasteiger partial charge < -0.3 is 4.48 Å². The number of nitrogens with zero attached hydrogens (tertiary/aromatic N) is 1. The van der Waals surface area contributed by atoms with E-state index in [4.69, 9.17) is 4.18 Å². The van der Waals surface area contributed by atoms with Crippen LogP contribution in [0.25, 0.3) is 0 Å². The predicted molar refractivity (Wildman–Crippen MR) is 76.4 cm³/mol. The molecule has 0 amide bonds. The first kappa shape index (κ1) is 16.1. The molecule has 0 saturated carbocycles. The standard InChI is InChI=1S/C14H24NO3S/c1-12-6-8-14(9-7-12)19(16,17)18-13(2)10-11-15(3,4)5/h6-9,13H,10-11H2,1-5H3/q+1. The zero-order chi connectivity index (χ0) is 14.7. The van der Waals surface area contributed by atoms with Gasteiger partial charge in [0.1, 0.15) is 0 Å². The smallest absolute Gasteiger partial charge is 0.297 e. The molecule has 4 nitrogen and oxygen atoms in total. The van der Waals surface area contributed by atoms with Gasteiger partial charge >= 0.3 is 0 Å². The van der Waals surface area contributed by atoms with Gasteiger partial charge in [-0.3, -0.25) is 4.18 Å². The van der Waals surface area contributed by atoms with Gasteiger partial charge in [0.15, 0.2) is 0 Å². The van der Waals surface area contributed by atoms with Crippen LogP contribution in [0.15, 0.2) is 29.2 Å². The summed E-state index contributed by atoms with van der Waals surface area (Å²) in [5, 5.41) is 0. The molecule has 0 heterocycles. The van der Waals surface area contributed by atoms with Gasteiger partial charge in [-0.1, -0.05) is 17.7 Å². The first-order valence-corrected chi connectivity index (χ1v) is 7.81. The van der Waals surface area contributed by atoms with E-state index in [2.05, 4.69) is 21.1 Å². The first-order chi connectivity index (χ1) is 8.60. The highest BCUT2D eigenvalue weighted by Gasteiger charge is 2.20. The lowest BCUT2D eigenvalue weighted by atomic mass is 10.2. The number of benzene rings is 1. The fourth-order valence-corrected chi connectivity index (χ4v) is 2.70. The molecule has 0 spiro atoms. The van der Waals surface area contributed by atoms with Crippen LogP contribution < -0.4 is 0 Å². The van der Waals surface area contributed by atoms with Crippen molar-refractivity contribution in [2.24, 2.45) is 0 Å². The molecule has 1 aromatic rings. The third-order valence-electron chi connectivity index (χ3n) is 2.81. The van der Waals surface area contributed by atoms with Crippen molar-refractivity contribution < 1.29 is 17.1 Å². The van der Waals surface area contributed by atoms with Gasteiger partial charge in [-0.15, -0.1) is 0 Å². The lowest BCUT2D eigenvalue weighted by Crippen LogP contribution is -2.37. The van der Waals surface area contributed by atoms with E-state index >= 15 is 0 Å². The Bertz CT molecular complexity index is 500. The molecular formula is C14H24NO3S+. The van der Waals surface area contributed by atoms with Crippen LogP contribution >= 0.6 is 0 Å². The number of rotatable bonds is 6. The first-order valence-electron chi connectivity index (χ1n) is 6.40. The van der Waals surface area contributed by atoms with Crippen molar-refractivity contribution in [1.82, 2.24) is 0 Å². The lowest BCUT2D eigenvalue weighted by Gasteiger charge is -2.25. The second-order valence-electron chi connectivity index (χ2n) is 5.98. The maximum absolute atomic E-state index is 12.1. The van der Waals surface area contributed by atoms with E-state index in [0.29, 0.717) is 6.42 Å². The van der Waals surface area contributed by atoms with Gasteiger partial charge in [0.05, 0.1) is 38.7 Å². The second kappa shape index (κ2) is 6.03. The molecule has 0 N–H and O–H groups in total. The molecule has 0 aliphatic carbocycles. The summed E-state index contributed by atoms with van der Waals surface area (Å²) in [4.78, 5) is 0.218. The summed E-state index contributed by atoms with van der Waals surface area (Å²) < 4.78 is 30.1. The maximum atomic E-state index is 12.1. The molecule has 1 aromatic carbocycles. The number of quaternary nitrogens is 1. The van der Waals surface area contributed by atoms with Crippen LogP contribution in [0.3, 0.4) is 0 Å². The molecule has 1 unspecified atom stereocenters. The Morgan fingerprint density at radius 2 is 1.68 bits per heavy atom. The Morgan fingerprint density at radius 1 is 1.16 bits per heavy atom. The van der Waals surface area contributed by atoms with E-state index in [1.165, 1.54) is 0 Å². The summed E-state index contributed by atoms with van der Waals surface area (Å²) in [5.74, 6) is 0. The van der Waals surface area contributed by atoms with Crippen LogP contribution in [0.1, 0.15) is 18.9 Å². The molecule has 0 aliphatic heterocycles. The summed E-state index contributed by atoms with van der Waals surface area (Å²) in [5.41, 5.74) is 1.03. The van der Waals surface area contributed by atoms with E-state index in [0.717, 1.165) is 16.6 Å². The van der Waals surface area contributed by atoms with Crippen molar-refractivity contribution in [1.29, 1.82) is 0 Å². The highest BCUT2D eigenvalue weighted by molar-refractivity contribution is 7.86. The van der Waals surface area contributed by atoms with Crippen molar-refractivity contribution >= 4 is 10.1 Å². The van der Waals surface area contributed by atoms with Crippen molar-refractivity contribution in [3.63, 3.8) is 0 Å². The van der Waals surface area contributed by atoms with Crippen molar-refractivity contribution in [2.75, 3.05) is 27.7 Å². The second-order valence-corrected chi connectivity index (χ2v) is 7.55. The minimum Gasteiger partial charge on any atom is -0.331 e. The van der Waals surface area contributed by atoms with E-state index in [1.807, 2.05) is 6.92 Å². The molecule has 1 rings (SSSR count). The average molecular weight is 286 g/mol. The Morgan fingerprint density at radius 3 is 2.16 bits per heavy atom. The normalized spacial score (nSPS) is 14.4. The van der Waals surface area contributed by atoms with Crippen LogP contribution in [0.4, 0.5) is 0 Å². The fourth-order valence-electron chi connectivity index (χ4n) is 1.59.